The average molecular weight is 493 g/mol. The summed E-state index contributed by atoms with van der Waals surface area (Å²) in [6.45, 7) is 6.69. The van der Waals surface area contributed by atoms with Gasteiger partial charge in [-0.25, -0.2) is 0 Å². The number of carbonyl (C=O) groups excluding carboxylic acids is 2. The molecule has 10 nitrogen and oxygen atoms in total. The highest BCUT2D eigenvalue weighted by Gasteiger charge is 2.55. The van der Waals surface area contributed by atoms with E-state index in [0.29, 0.717) is 6.61 Å². The summed E-state index contributed by atoms with van der Waals surface area (Å²) in [5.74, 6) is -1.71. The van der Waals surface area contributed by atoms with Crippen LogP contribution in [0.15, 0.2) is 42.5 Å². The van der Waals surface area contributed by atoms with Gasteiger partial charge in [0.05, 0.1) is 13.2 Å². The van der Waals surface area contributed by atoms with Gasteiger partial charge in [-0.2, -0.15) is 0 Å². The minimum absolute atomic E-state index is 0.0822. The van der Waals surface area contributed by atoms with Crippen LogP contribution in [0, 0.1) is 0 Å². The molecule has 1 aromatic carbocycles. The van der Waals surface area contributed by atoms with Gasteiger partial charge < -0.3 is 37.9 Å². The predicted molar refractivity (Wildman–Crippen MR) is 120 cm³/mol. The van der Waals surface area contributed by atoms with Gasteiger partial charge >= 0.3 is 11.9 Å². The molecule has 10 heteroatoms. The second-order valence-electron chi connectivity index (χ2n) is 9.04. The van der Waals surface area contributed by atoms with Crippen LogP contribution in [0.4, 0.5) is 0 Å². The minimum atomic E-state index is -0.777. The number of hydrogen-bond donors (Lipinski definition) is 0. The number of benzene rings is 1. The van der Waals surface area contributed by atoms with Crippen LogP contribution in [-0.4, -0.2) is 74.0 Å². The molecule has 7 atom stereocenters. The van der Waals surface area contributed by atoms with E-state index in [1.54, 1.807) is 12.2 Å². The van der Waals surface area contributed by atoms with E-state index in [2.05, 4.69) is 0 Å². The van der Waals surface area contributed by atoms with Gasteiger partial charge in [0.15, 0.2) is 18.4 Å². The van der Waals surface area contributed by atoms with Crippen LogP contribution >= 0.6 is 0 Å². The maximum absolute atomic E-state index is 11.4. The second-order valence-corrected chi connectivity index (χ2v) is 9.04. The molecule has 192 valence electrons. The van der Waals surface area contributed by atoms with Crippen molar-refractivity contribution >= 4 is 11.9 Å². The van der Waals surface area contributed by atoms with Crippen molar-refractivity contribution in [3.63, 3.8) is 0 Å². The molecule has 0 saturated carbocycles. The Balaban J connectivity index is 1.38. The van der Waals surface area contributed by atoms with Gasteiger partial charge in [-0.05, 0) is 31.6 Å². The molecular weight excluding hydrogens is 460 g/mol. The number of ether oxygens (including phenoxy) is 8. The standard InChI is InChI=1S/C25H32O10/c1-15(26)28-13-19-18(31-16(2)27)10-11-21(32-19)29-14-20-22(30-12-17-8-6-5-7-9-17)23-24(33-20)35-25(3,4)34-23/h5-11,18-24H,12-14H2,1-4H3/t18-,19+,20+,21-,22-,23+,24+/m0/s1. The number of fused-ring (bicyclic) bond motifs is 1. The first-order valence-corrected chi connectivity index (χ1v) is 11.6. The molecule has 0 aromatic heterocycles. The maximum atomic E-state index is 11.4. The first kappa shape index (κ1) is 25.7. The van der Waals surface area contributed by atoms with Crippen molar-refractivity contribution < 1.29 is 47.5 Å². The molecule has 3 aliphatic rings. The van der Waals surface area contributed by atoms with Crippen LogP contribution in [0.25, 0.3) is 0 Å². The number of hydrogen-bond acceptors (Lipinski definition) is 10. The molecule has 3 heterocycles. The molecule has 1 aromatic rings. The highest BCUT2D eigenvalue weighted by atomic mass is 16.8. The smallest absolute Gasteiger partial charge is 0.303 e. The molecule has 2 saturated heterocycles. The summed E-state index contributed by atoms with van der Waals surface area (Å²) in [6, 6.07) is 9.82. The minimum Gasteiger partial charge on any atom is -0.463 e. The van der Waals surface area contributed by atoms with Crippen molar-refractivity contribution in [1.82, 2.24) is 0 Å². The van der Waals surface area contributed by atoms with E-state index in [-0.39, 0.29) is 13.2 Å². The lowest BCUT2D eigenvalue weighted by molar-refractivity contribution is -0.239. The lowest BCUT2D eigenvalue weighted by Gasteiger charge is -2.32. The normalized spacial score (nSPS) is 33.3. The largest absolute Gasteiger partial charge is 0.463 e. The van der Waals surface area contributed by atoms with Crippen LogP contribution in [0.2, 0.25) is 0 Å². The molecule has 3 aliphatic heterocycles. The van der Waals surface area contributed by atoms with Crippen molar-refractivity contribution in [1.29, 1.82) is 0 Å². The zero-order chi connectivity index (χ0) is 25.0. The van der Waals surface area contributed by atoms with E-state index in [0.717, 1.165) is 5.56 Å². The Morgan fingerprint density at radius 3 is 2.40 bits per heavy atom. The fraction of sp³-hybridized carbons (Fsp3) is 0.600. The predicted octanol–water partition coefficient (Wildman–Crippen LogP) is 2.24. The molecule has 2 fully saturated rings. The molecular formula is C25H32O10. The first-order chi connectivity index (χ1) is 16.7. The summed E-state index contributed by atoms with van der Waals surface area (Å²) < 4.78 is 46.4. The number of carbonyl (C=O) groups is 2. The Morgan fingerprint density at radius 1 is 0.914 bits per heavy atom. The SMILES string of the molecule is CC(=O)OC[C@H]1O[C@H](OC[C@H]2O[C@@H]3OC(C)(C)O[C@@H]3[C@H]2OCc2ccccc2)C=C[C@@H]1OC(C)=O. The van der Waals surface area contributed by atoms with Crippen molar-refractivity contribution in [2.75, 3.05) is 13.2 Å². The van der Waals surface area contributed by atoms with Crippen LogP contribution in [-0.2, 0) is 54.1 Å². The molecule has 0 bridgehead atoms. The monoisotopic (exact) mass is 492 g/mol. The van der Waals surface area contributed by atoms with Gasteiger partial charge in [0.2, 0.25) is 0 Å². The average Bonchev–Trinajstić information content (AvgIpc) is 3.27. The van der Waals surface area contributed by atoms with E-state index in [9.17, 15) is 9.59 Å². The molecule has 0 spiro atoms. The fourth-order valence-electron chi connectivity index (χ4n) is 4.19. The summed E-state index contributed by atoms with van der Waals surface area (Å²) in [5, 5.41) is 0. The van der Waals surface area contributed by atoms with Crippen LogP contribution < -0.4 is 0 Å². The van der Waals surface area contributed by atoms with E-state index in [1.807, 2.05) is 44.2 Å². The van der Waals surface area contributed by atoms with Gasteiger partial charge in [0.25, 0.3) is 0 Å². The molecule has 0 unspecified atom stereocenters. The molecule has 35 heavy (non-hydrogen) atoms. The lowest BCUT2D eigenvalue weighted by Crippen LogP contribution is -2.44. The van der Waals surface area contributed by atoms with E-state index >= 15 is 0 Å². The molecule has 0 N–H and O–H groups in total. The Labute approximate surface area is 204 Å². The molecule has 4 rings (SSSR count). The summed E-state index contributed by atoms with van der Waals surface area (Å²) >= 11 is 0. The Morgan fingerprint density at radius 2 is 1.69 bits per heavy atom. The van der Waals surface area contributed by atoms with E-state index < -0.39 is 60.8 Å². The summed E-state index contributed by atoms with van der Waals surface area (Å²) in [4.78, 5) is 22.7. The third-order valence-corrected chi connectivity index (χ3v) is 5.68. The van der Waals surface area contributed by atoms with Gasteiger partial charge in [0.1, 0.15) is 37.1 Å². The van der Waals surface area contributed by atoms with Gasteiger partial charge in [-0.3, -0.25) is 9.59 Å². The van der Waals surface area contributed by atoms with Crippen molar-refractivity contribution in [3.05, 3.63) is 48.0 Å². The summed E-state index contributed by atoms with van der Waals surface area (Å²) in [5.41, 5.74) is 1.03. The van der Waals surface area contributed by atoms with Crippen molar-refractivity contribution in [3.8, 4) is 0 Å². The third-order valence-electron chi connectivity index (χ3n) is 5.68. The maximum Gasteiger partial charge on any atom is 0.303 e. The second kappa shape index (κ2) is 11.2. The van der Waals surface area contributed by atoms with Gasteiger partial charge in [0, 0.05) is 13.8 Å². The highest BCUT2D eigenvalue weighted by Crippen LogP contribution is 2.39. The number of rotatable bonds is 9. The fourth-order valence-corrected chi connectivity index (χ4v) is 4.19. The topological polar surface area (TPSA) is 108 Å². The van der Waals surface area contributed by atoms with Gasteiger partial charge in [-0.15, -0.1) is 0 Å². The van der Waals surface area contributed by atoms with Crippen LogP contribution in [0.3, 0.4) is 0 Å². The zero-order valence-corrected chi connectivity index (χ0v) is 20.3. The van der Waals surface area contributed by atoms with E-state index in [4.69, 9.17) is 37.9 Å². The Bertz CT molecular complexity index is 901. The summed E-state index contributed by atoms with van der Waals surface area (Å²) in [7, 11) is 0. The first-order valence-electron chi connectivity index (χ1n) is 11.6. The van der Waals surface area contributed by atoms with E-state index in [1.165, 1.54) is 13.8 Å². The number of esters is 2. The quantitative estimate of drug-likeness (QED) is 0.376. The molecule has 0 aliphatic carbocycles. The van der Waals surface area contributed by atoms with Crippen LogP contribution in [0.5, 0.6) is 0 Å². The van der Waals surface area contributed by atoms with Gasteiger partial charge in [-0.1, -0.05) is 30.3 Å². The van der Waals surface area contributed by atoms with Crippen molar-refractivity contribution in [2.45, 2.75) is 83.2 Å². The molecule has 0 radical (unpaired) electrons. The summed E-state index contributed by atoms with van der Waals surface area (Å²) in [6.07, 6.45) is -0.753. The Kier molecular flexibility index (Phi) is 8.20. The van der Waals surface area contributed by atoms with Crippen molar-refractivity contribution in [2.24, 2.45) is 0 Å². The third kappa shape index (κ3) is 6.87. The molecule has 0 amide bonds. The Hall–Kier alpha value is -2.34. The zero-order valence-electron chi connectivity index (χ0n) is 20.3. The van der Waals surface area contributed by atoms with Crippen LogP contribution in [0.1, 0.15) is 33.3 Å². The lowest BCUT2D eigenvalue weighted by atomic mass is 10.1. The highest BCUT2D eigenvalue weighted by molar-refractivity contribution is 5.66.